The number of hydrogen-bond acceptors (Lipinski definition) is 5. The molecule has 1 aromatic heterocycles. The van der Waals surface area contributed by atoms with Crippen LogP contribution < -0.4 is 15.4 Å². The van der Waals surface area contributed by atoms with Gasteiger partial charge in [-0.3, -0.25) is 0 Å². The monoisotopic (exact) mass is 564 g/mol. The molecule has 33 heavy (non-hydrogen) atoms. The molecule has 7 nitrogen and oxygen atoms in total. The lowest BCUT2D eigenvalue weighted by Gasteiger charge is -2.13. The molecule has 2 aromatic carbocycles. The molecule has 0 amide bonds. The summed E-state index contributed by atoms with van der Waals surface area (Å²) in [5, 5.41) is 6.59. The highest BCUT2D eigenvalue weighted by Gasteiger charge is 2.08. The van der Waals surface area contributed by atoms with E-state index in [2.05, 4.69) is 34.7 Å². The third-order valence-corrected chi connectivity index (χ3v) is 4.67. The van der Waals surface area contributed by atoms with E-state index in [1.54, 1.807) is 6.26 Å². The standard InChI is InChI=1S/C25H32N4O3.HI/c1-4-26-25(28-17-22-18-32-24(29-22)20-9-7-6-8-10-20)27-16-21-12-11-19(3)15-23(21)31-14-13-30-5-2;/h6-12,15,18H,4-5,13-14,16-17H2,1-3H3,(H2,26,27,28);1H. The van der Waals surface area contributed by atoms with Gasteiger partial charge in [-0.25, -0.2) is 9.98 Å². The van der Waals surface area contributed by atoms with Crippen molar-refractivity contribution in [1.29, 1.82) is 0 Å². The van der Waals surface area contributed by atoms with Gasteiger partial charge in [0.05, 0.1) is 25.4 Å². The highest BCUT2D eigenvalue weighted by molar-refractivity contribution is 14.0. The Balaban J connectivity index is 0.00000385. The van der Waals surface area contributed by atoms with Crippen LogP contribution in [0, 0.1) is 6.92 Å². The van der Waals surface area contributed by atoms with Gasteiger partial charge in [0.15, 0.2) is 5.96 Å². The normalized spacial score (nSPS) is 11.1. The van der Waals surface area contributed by atoms with E-state index < -0.39 is 0 Å². The van der Waals surface area contributed by atoms with Gasteiger partial charge in [0.25, 0.3) is 0 Å². The summed E-state index contributed by atoms with van der Waals surface area (Å²) in [5.74, 6) is 2.16. The van der Waals surface area contributed by atoms with E-state index in [1.165, 1.54) is 0 Å². The van der Waals surface area contributed by atoms with Crippen molar-refractivity contribution in [3.63, 3.8) is 0 Å². The minimum atomic E-state index is 0. The molecule has 0 fully saturated rings. The summed E-state index contributed by atoms with van der Waals surface area (Å²) in [6, 6.07) is 16.0. The van der Waals surface area contributed by atoms with Crippen molar-refractivity contribution >= 4 is 29.9 Å². The zero-order chi connectivity index (χ0) is 22.6. The first-order valence-electron chi connectivity index (χ1n) is 11.0. The highest BCUT2D eigenvalue weighted by atomic mass is 127. The van der Waals surface area contributed by atoms with Gasteiger partial charge in [-0.05, 0) is 44.5 Å². The Morgan fingerprint density at radius 2 is 1.88 bits per heavy atom. The molecule has 1 heterocycles. The van der Waals surface area contributed by atoms with E-state index in [0.29, 0.717) is 44.8 Å². The van der Waals surface area contributed by atoms with Gasteiger partial charge in [0.1, 0.15) is 18.6 Å². The number of benzene rings is 2. The Kier molecular flexibility index (Phi) is 11.7. The van der Waals surface area contributed by atoms with Gasteiger partial charge in [-0.2, -0.15) is 0 Å². The van der Waals surface area contributed by atoms with E-state index in [-0.39, 0.29) is 24.0 Å². The van der Waals surface area contributed by atoms with Crippen LogP contribution in [-0.4, -0.2) is 37.3 Å². The van der Waals surface area contributed by atoms with E-state index in [9.17, 15) is 0 Å². The number of aryl methyl sites for hydroxylation is 1. The number of aromatic nitrogens is 1. The molecule has 3 rings (SSSR count). The van der Waals surface area contributed by atoms with Crippen molar-refractivity contribution in [3.8, 4) is 17.2 Å². The molecule has 8 heteroatoms. The summed E-state index contributed by atoms with van der Waals surface area (Å²) >= 11 is 0. The Hall–Kier alpha value is -2.59. The van der Waals surface area contributed by atoms with Crippen LogP contribution in [0.15, 0.2) is 64.2 Å². The van der Waals surface area contributed by atoms with Crippen molar-refractivity contribution in [2.45, 2.75) is 33.9 Å². The first kappa shape index (κ1) is 26.7. The minimum Gasteiger partial charge on any atom is -0.491 e. The van der Waals surface area contributed by atoms with Crippen molar-refractivity contribution in [2.24, 2.45) is 4.99 Å². The molecule has 0 aliphatic rings. The quantitative estimate of drug-likeness (QED) is 0.149. The second-order valence-corrected chi connectivity index (χ2v) is 7.22. The molecule has 178 valence electrons. The molecule has 0 radical (unpaired) electrons. The van der Waals surface area contributed by atoms with Crippen LogP contribution in [0.25, 0.3) is 11.5 Å². The number of ether oxygens (including phenoxy) is 2. The van der Waals surface area contributed by atoms with Gasteiger partial charge in [-0.1, -0.05) is 30.3 Å². The number of halogens is 1. The van der Waals surface area contributed by atoms with E-state index in [0.717, 1.165) is 34.7 Å². The van der Waals surface area contributed by atoms with Crippen LogP contribution in [-0.2, 0) is 17.8 Å². The summed E-state index contributed by atoms with van der Waals surface area (Å²) in [6.45, 7) is 9.59. The molecule has 0 bridgehead atoms. The Morgan fingerprint density at radius 3 is 2.64 bits per heavy atom. The third kappa shape index (κ3) is 8.70. The molecular weight excluding hydrogens is 531 g/mol. The first-order chi connectivity index (χ1) is 15.7. The average molecular weight is 564 g/mol. The van der Waals surface area contributed by atoms with Crippen molar-refractivity contribution < 1.29 is 13.9 Å². The summed E-state index contributed by atoms with van der Waals surface area (Å²) in [5.41, 5.74) is 3.94. The van der Waals surface area contributed by atoms with Gasteiger partial charge in [-0.15, -0.1) is 24.0 Å². The maximum Gasteiger partial charge on any atom is 0.226 e. The molecule has 0 spiro atoms. The number of aliphatic imine (C=N–C) groups is 1. The summed E-state index contributed by atoms with van der Waals surface area (Å²) < 4.78 is 16.9. The molecule has 3 aromatic rings. The number of rotatable bonds is 11. The maximum atomic E-state index is 5.93. The van der Waals surface area contributed by atoms with Crippen LogP contribution in [0.4, 0.5) is 0 Å². The first-order valence-corrected chi connectivity index (χ1v) is 11.0. The predicted molar refractivity (Wildman–Crippen MR) is 142 cm³/mol. The zero-order valence-corrected chi connectivity index (χ0v) is 21.8. The van der Waals surface area contributed by atoms with Crippen LogP contribution in [0.5, 0.6) is 5.75 Å². The van der Waals surface area contributed by atoms with Crippen molar-refractivity contribution in [3.05, 3.63) is 71.6 Å². The van der Waals surface area contributed by atoms with E-state index in [4.69, 9.17) is 18.9 Å². The second-order valence-electron chi connectivity index (χ2n) is 7.22. The SMILES string of the molecule is CCNC(=NCc1ccc(C)cc1OCCOCC)NCc1coc(-c2ccccc2)n1.I. The molecular formula is C25H33IN4O3. The fourth-order valence-corrected chi connectivity index (χ4v) is 3.06. The maximum absolute atomic E-state index is 5.93. The smallest absolute Gasteiger partial charge is 0.226 e. The highest BCUT2D eigenvalue weighted by Crippen LogP contribution is 2.21. The Labute approximate surface area is 213 Å². The number of guanidine groups is 1. The minimum absolute atomic E-state index is 0. The summed E-state index contributed by atoms with van der Waals surface area (Å²) in [6.07, 6.45) is 1.67. The van der Waals surface area contributed by atoms with E-state index >= 15 is 0 Å². The fraction of sp³-hybridized carbons (Fsp3) is 0.360. The number of oxazole rings is 1. The Bertz CT molecular complexity index is 992. The predicted octanol–water partition coefficient (Wildman–Crippen LogP) is 4.94. The third-order valence-electron chi connectivity index (χ3n) is 4.67. The fourth-order valence-electron chi connectivity index (χ4n) is 3.06. The molecule has 0 saturated carbocycles. The topological polar surface area (TPSA) is 80.9 Å². The molecule has 0 unspecified atom stereocenters. The average Bonchev–Trinajstić information content (AvgIpc) is 3.29. The second kappa shape index (κ2) is 14.5. The summed E-state index contributed by atoms with van der Waals surface area (Å²) in [4.78, 5) is 9.28. The number of hydrogen-bond donors (Lipinski definition) is 2. The lowest BCUT2D eigenvalue weighted by Crippen LogP contribution is -2.36. The zero-order valence-electron chi connectivity index (χ0n) is 19.5. The largest absolute Gasteiger partial charge is 0.491 e. The van der Waals surface area contributed by atoms with Crippen LogP contribution in [0.3, 0.4) is 0 Å². The van der Waals surface area contributed by atoms with Gasteiger partial charge in [0, 0.05) is 24.3 Å². The van der Waals surface area contributed by atoms with Gasteiger partial charge >= 0.3 is 0 Å². The number of nitrogens with one attached hydrogen (secondary N) is 2. The molecule has 2 N–H and O–H groups in total. The van der Waals surface area contributed by atoms with Crippen LogP contribution in [0.1, 0.15) is 30.7 Å². The number of nitrogens with zero attached hydrogens (tertiary/aromatic N) is 2. The van der Waals surface area contributed by atoms with Gasteiger partial charge < -0.3 is 24.5 Å². The molecule has 0 saturated heterocycles. The van der Waals surface area contributed by atoms with Gasteiger partial charge in [0.2, 0.25) is 5.89 Å². The van der Waals surface area contributed by atoms with Crippen molar-refractivity contribution in [1.82, 2.24) is 15.6 Å². The van der Waals surface area contributed by atoms with Crippen molar-refractivity contribution in [2.75, 3.05) is 26.4 Å². The van der Waals surface area contributed by atoms with Crippen LogP contribution in [0.2, 0.25) is 0 Å². The van der Waals surface area contributed by atoms with E-state index in [1.807, 2.05) is 50.2 Å². The van der Waals surface area contributed by atoms with Crippen LogP contribution >= 0.6 is 24.0 Å². The summed E-state index contributed by atoms with van der Waals surface area (Å²) in [7, 11) is 0. The molecule has 0 aliphatic heterocycles. The molecule has 0 aliphatic carbocycles. The Morgan fingerprint density at radius 1 is 1.06 bits per heavy atom. The lowest BCUT2D eigenvalue weighted by molar-refractivity contribution is 0.110. The lowest BCUT2D eigenvalue weighted by atomic mass is 10.1. The molecule has 0 atom stereocenters.